The molecular weight excluding hydrogens is 343 g/mol. The third kappa shape index (κ3) is 2.89. The van der Waals surface area contributed by atoms with Gasteiger partial charge in [0.15, 0.2) is 5.75 Å². The van der Waals surface area contributed by atoms with Crippen molar-refractivity contribution < 1.29 is 44.6 Å². The minimum Gasteiger partial charge on any atom is -0.289 e. The predicted octanol–water partition coefficient (Wildman–Crippen LogP) is 6.04. The lowest BCUT2D eigenvalue weighted by atomic mass is 9.91. The highest BCUT2D eigenvalue weighted by Crippen LogP contribution is 2.53. The van der Waals surface area contributed by atoms with E-state index in [-0.39, 0.29) is 0 Å². The Kier molecular flexibility index (Phi) is 3.70. The van der Waals surface area contributed by atoms with Gasteiger partial charge in [0, 0.05) is 5.39 Å². The Hall–Kier alpha value is -2.13. The molecule has 0 spiro atoms. The van der Waals surface area contributed by atoms with Crippen LogP contribution in [0.15, 0.2) is 24.3 Å². The quantitative estimate of drug-likeness (QED) is 0.518. The maximum absolute atomic E-state index is 13.0. The summed E-state index contributed by atoms with van der Waals surface area (Å²) in [5.41, 5.74) is -8.40. The molecule has 1 radical (unpaired) electrons. The summed E-state index contributed by atoms with van der Waals surface area (Å²) in [4.78, 5) is 0. The predicted molar refractivity (Wildman–Crippen MR) is 59.1 cm³/mol. The largest absolute Gasteiger partial charge is 0.420 e. The van der Waals surface area contributed by atoms with Crippen LogP contribution in [0.5, 0.6) is 5.75 Å². The van der Waals surface area contributed by atoms with Crippen LogP contribution < -0.4 is 0 Å². The van der Waals surface area contributed by atoms with E-state index >= 15 is 0 Å². The van der Waals surface area contributed by atoms with Crippen LogP contribution in [-0.2, 0) is 23.6 Å². The molecule has 0 N–H and O–H groups in total. The summed E-state index contributed by atoms with van der Waals surface area (Å²) in [5.74, 6) is -2.14. The van der Waals surface area contributed by atoms with E-state index in [1.165, 1.54) is 0 Å². The molecule has 0 atom stereocenters. The highest BCUT2D eigenvalue weighted by atomic mass is 19.4. The molecule has 0 heterocycles. The topological polar surface area (TPSA) is 19.9 Å². The van der Waals surface area contributed by atoms with E-state index in [4.69, 9.17) is 0 Å². The Bertz CT molecular complexity index is 753. The van der Waals surface area contributed by atoms with Crippen molar-refractivity contribution in [3.63, 3.8) is 0 Å². The molecule has 10 heteroatoms. The molecule has 2 aromatic rings. The van der Waals surface area contributed by atoms with Gasteiger partial charge in [0.1, 0.15) is 5.56 Å². The number of benzene rings is 2. The first-order valence-electron chi connectivity index (χ1n) is 5.73. The van der Waals surface area contributed by atoms with Gasteiger partial charge in [0.25, 0.3) is 0 Å². The van der Waals surface area contributed by atoms with Gasteiger partial charge in [-0.1, -0.05) is 24.3 Å². The van der Waals surface area contributed by atoms with Crippen LogP contribution in [0.3, 0.4) is 0 Å². The first-order chi connectivity index (χ1) is 10.3. The molecule has 0 aromatic heterocycles. The lowest BCUT2D eigenvalue weighted by molar-refractivity contribution is -0.174. The van der Waals surface area contributed by atoms with Gasteiger partial charge < -0.3 is 0 Å². The Morgan fingerprint density at radius 2 is 0.957 bits per heavy atom. The molecule has 23 heavy (non-hydrogen) atoms. The number of hydrogen-bond donors (Lipinski definition) is 0. The zero-order valence-corrected chi connectivity index (χ0v) is 10.6. The summed E-state index contributed by atoms with van der Waals surface area (Å²) in [6.45, 7) is 0. The Labute approximate surface area is 121 Å². The van der Waals surface area contributed by atoms with Crippen molar-refractivity contribution in [2.45, 2.75) is 18.5 Å². The molecule has 0 aliphatic rings. The van der Waals surface area contributed by atoms with Crippen molar-refractivity contribution in [3.05, 3.63) is 41.0 Å². The second kappa shape index (κ2) is 4.93. The van der Waals surface area contributed by atoms with E-state index in [1.54, 1.807) is 0 Å². The summed E-state index contributed by atoms with van der Waals surface area (Å²) < 4.78 is 117. The Balaban J connectivity index is 3.20. The molecule has 1 nitrogen and oxygen atoms in total. The van der Waals surface area contributed by atoms with Gasteiger partial charge in [-0.25, -0.2) is 0 Å². The standard InChI is InChI=1S/C13H4F9O/c14-11(15,16)7-5-3-1-2-4-6(5)10(23)9(13(20,21)22)8(7)12(17,18)19/h1-4H. The van der Waals surface area contributed by atoms with E-state index in [1.807, 2.05) is 0 Å². The average molecular weight is 347 g/mol. The fraction of sp³-hybridized carbons (Fsp3) is 0.231. The van der Waals surface area contributed by atoms with Crippen molar-refractivity contribution in [1.82, 2.24) is 0 Å². The van der Waals surface area contributed by atoms with Crippen molar-refractivity contribution in [3.8, 4) is 5.75 Å². The van der Waals surface area contributed by atoms with E-state index < -0.39 is 51.7 Å². The van der Waals surface area contributed by atoms with Gasteiger partial charge in [-0.3, -0.25) is 5.11 Å². The van der Waals surface area contributed by atoms with Crippen molar-refractivity contribution in [2.24, 2.45) is 0 Å². The third-order valence-corrected chi connectivity index (χ3v) is 3.02. The lowest BCUT2D eigenvalue weighted by Gasteiger charge is -2.23. The minimum absolute atomic E-state index is 0.523. The summed E-state index contributed by atoms with van der Waals surface area (Å²) in [7, 11) is 0. The van der Waals surface area contributed by atoms with Crippen LogP contribution in [0.1, 0.15) is 16.7 Å². The van der Waals surface area contributed by atoms with Gasteiger partial charge in [-0.15, -0.1) is 0 Å². The molecular formula is C13H4F9O. The molecule has 0 saturated carbocycles. The zero-order valence-electron chi connectivity index (χ0n) is 10.6. The first-order valence-corrected chi connectivity index (χ1v) is 5.73. The second-order valence-electron chi connectivity index (χ2n) is 4.49. The first kappa shape index (κ1) is 17.2. The number of fused-ring (bicyclic) bond motifs is 1. The maximum Gasteiger partial charge on any atom is 0.420 e. The molecule has 0 bridgehead atoms. The SMILES string of the molecule is [O]c1c(C(F)(F)F)c(C(F)(F)F)c(C(F)(F)F)c2ccccc12. The molecule has 0 aliphatic carbocycles. The van der Waals surface area contributed by atoms with Crippen molar-refractivity contribution in [1.29, 1.82) is 0 Å². The van der Waals surface area contributed by atoms with Gasteiger partial charge >= 0.3 is 18.5 Å². The third-order valence-electron chi connectivity index (χ3n) is 3.02. The van der Waals surface area contributed by atoms with Crippen molar-refractivity contribution in [2.75, 3.05) is 0 Å². The monoisotopic (exact) mass is 347 g/mol. The van der Waals surface area contributed by atoms with Crippen molar-refractivity contribution >= 4 is 10.8 Å². The Morgan fingerprint density at radius 1 is 0.565 bits per heavy atom. The van der Waals surface area contributed by atoms with Gasteiger partial charge in [0.2, 0.25) is 0 Å². The lowest BCUT2D eigenvalue weighted by Crippen LogP contribution is -2.23. The molecule has 0 amide bonds. The Morgan fingerprint density at radius 3 is 1.35 bits per heavy atom. The zero-order chi connectivity index (χ0) is 17.8. The highest BCUT2D eigenvalue weighted by molar-refractivity contribution is 5.94. The second-order valence-corrected chi connectivity index (χ2v) is 4.49. The number of rotatable bonds is 0. The van der Waals surface area contributed by atoms with Crippen LogP contribution in [0, 0.1) is 0 Å². The normalized spacial score (nSPS) is 13.6. The summed E-state index contributed by atoms with van der Waals surface area (Å²) >= 11 is 0. The number of hydrogen-bond acceptors (Lipinski definition) is 0. The van der Waals surface area contributed by atoms with Crippen LogP contribution in [0.4, 0.5) is 39.5 Å². The summed E-state index contributed by atoms with van der Waals surface area (Å²) in [6, 6.07) is 2.99. The maximum atomic E-state index is 13.0. The van der Waals surface area contributed by atoms with Gasteiger partial charge in [-0.2, -0.15) is 39.5 Å². The van der Waals surface area contributed by atoms with E-state index in [9.17, 15) is 44.6 Å². The van der Waals surface area contributed by atoms with E-state index in [0.29, 0.717) is 12.1 Å². The molecule has 2 rings (SSSR count). The van der Waals surface area contributed by atoms with Crippen LogP contribution >= 0.6 is 0 Å². The average Bonchev–Trinajstić information content (AvgIpc) is 2.34. The number of alkyl halides is 9. The molecule has 0 saturated heterocycles. The van der Waals surface area contributed by atoms with Gasteiger partial charge in [0.05, 0.1) is 11.1 Å². The fourth-order valence-corrected chi connectivity index (χ4v) is 2.26. The fourth-order valence-electron chi connectivity index (χ4n) is 2.26. The highest BCUT2D eigenvalue weighted by Gasteiger charge is 2.53. The number of halogens is 9. The molecule has 0 fully saturated rings. The molecule has 0 unspecified atom stereocenters. The molecule has 125 valence electrons. The van der Waals surface area contributed by atoms with Crippen LogP contribution in [-0.4, -0.2) is 0 Å². The van der Waals surface area contributed by atoms with E-state index in [2.05, 4.69) is 0 Å². The van der Waals surface area contributed by atoms with E-state index in [0.717, 1.165) is 12.1 Å². The molecule has 2 aromatic carbocycles. The minimum atomic E-state index is -6.01. The summed E-state index contributed by atoms with van der Waals surface area (Å²) in [5, 5.41) is 9.42. The summed E-state index contributed by atoms with van der Waals surface area (Å²) in [6.07, 6.45) is -17.6. The van der Waals surface area contributed by atoms with Gasteiger partial charge in [-0.05, 0) is 5.39 Å². The molecule has 0 aliphatic heterocycles. The van der Waals surface area contributed by atoms with Crippen LogP contribution in [0.25, 0.3) is 10.8 Å². The smallest absolute Gasteiger partial charge is 0.289 e. The van der Waals surface area contributed by atoms with Crippen LogP contribution in [0.2, 0.25) is 0 Å².